The number of hydrogen-bond acceptors (Lipinski definition) is 3. The fourth-order valence-corrected chi connectivity index (χ4v) is 4.05. The molecule has 0 saturated heterocycles. The first-order valence-electron chi connectivity index (χ1n) is 10.4. The summed E-state index contributed by atoms with van der Waals surface area (Å²) < 4.78 is 0. The number of allylic oxidation sites excluding steroid dienone is 2. The van der Waals surface area contributed by atoms with Gasteiger partial charge in [-0.25, -0.2) is 0 Å². The molecule has 0 spiro atoms. The van der Waals surface area contributed by atoms with Crippen LogP contribution in [0.15, 0.2) is 24.3 Å². The molecule has 0 aromatic heterocycles. The molecule has 27 heavy (non-hydrogen) atoms. The highest BCUT2D eigenvalue weighted by atomic mass is 35.5. The van der Waals surface area contributed by atoms with Crippen molar-refractivity contribution in [2.45, 2.75) is 89.8 Å². The van der Waals surface area contributed by atoms with E-state index in [4.69, 9.17) is 16.7 Å². The van der Waals surface area contributed by atoms with Crippen molar-refractivity contribution in [3.8, 4) is 0 Å². The number of carboxylic acid groups (broad SMARTS) is 1. The van der Waals surface area contributed by atoms with Gasteiger partial charge in [0.2, 0.25) is 0 Å². The van der Waals surface area contributed by atoms with Crippen LogP contribution in [0.1, 0.15) is 77.6 Å². The molecule has 1 aliphatic rings. The summed E-state index contributed by atoms with van der Waals surface area (Å²) in [6.45, 7) is 2.15. The zero-order valence-electron chi connectivity index (χ0n) is 16.7. The quantitative estimate of drug-likeness (QED) is 0.204. The first-order valence-corrected chi connectivity index (χ1v) is 10.9. The minimum atomic E-state index is -0.758. The van der Waals surface area contributed by atoms with Gasteiger partial charge in [0.25, 0.3) is 0 Å². The van der Waals surface area contributed by atoms with Crippen molar-refractivity contribution in [2.75, 3.05) is 5.88 Å². The molecule has 4 nitrogen and oxygen atoms in total. The summed E-state index contributed by atoms with van der Waals surface area (Å²) in [5.74, 6) is -0.303. The number of carbonyl (C=O) groups is 1. The highest BCUT2D eigenvalue weighted by Gasteiger charge is 2.40. The van der Waals surface area contributed by atoms with Crippen molar-refractivity contribution >= 4 is 17.6 Å². The summed E-state index contributed by atoms with van der Waals surface area (Å²) in [7, 11) is 0. The van der Waals surface area contributed by atoms with E-state index in [1.165, 1.54) is 6.42 Å². The number of aliphatic hydroxyl groups is 2. The molecule has 0 heterocycles. The molecule has 1 aliphatic carbocycles. The van der Waals surface area contributed by atoms with Crippen molar-refractivity contribution in [3.63, 3.8) is 0 Å². The van der Waals surface area contributed by atoms with Gasteiger partial charge in [0.15, 0.2) is 0 Å². The average molecular weight is 401 g/mol. The molecule has 0 aliphatic heterocycles. The first-order chi connectivity index (χ1) is 12.9. The molecule has 1 saturated carbocycles. The number of hydrogen-bond donors (Lipinski definition) is 3. The van der Waals surface area contributed by atoms with Crippen molar-refractivity contribution in [1.82, 2.24) is 0 Å². The van der Waals surface area contributed by atoms with Gasteiger partial charge in [-0.05, 0) is 63.2 Å². The Morgan fingerprint density at radius 3 is 2.41 bits per heavy atom. The zero-order valence-corrected chi connectivity index (χ0v) is 17.4. The second-order valence-electron chi connectivity index (χ2n) is 7.79. The maximum absolute atomic E-state index is 10.5. The molecule has 3 N–H and O–H groups in total. The van der Waals surface area contributed by atoms with Crippen LogP contribution in [-0.4, -0.2) is 39.4 Å². The fourth-order valence-electron chi connectivity index (χ4n) is 3.82. The molecular weight excluding hydrogens is 364 g/mol. The number of alkyl halides is 1. The van der Waals surface area contributed by atoms with Gasteiger partial charge in [-0.2, -0.15) is 0 Å². The van der Waals surface area contributed by atoms with E-state index in [0.717, 1.165) is 38.5 Å². The molecule has 1 rings (SSSR count). The first kappa shape index (κ1) is 24.2. The maximum atomic E-state index is 10.5. The minimum absolute atomic E-state index is 0.0265. The van der Waals surface area contributed by atoms with Crippen molar-refractivity contribution in [1.29, 1.82) is 0 Å². The monoisotopic (exact) mass is 400 g/mol. The number of rotatable bonds is 15. The van der Waals surface area contributed by atoms with E-state index in [1.54, 1.807) is 0 Å². The number of halogens is 1. The van der Waals surface area contributed by atoms with Crippen molar-refractivity contribution in [3.05, 3.63) is 24.3 Å². The van der Waals surface area contributed by atoms with E-state index < -0.39 is 12.1 Å². The zero-order chi connectivity index (χ0) is 20.1. The Bertz CT molecular complexity index is 465. The average Bonchev–Trinajstić information content (AvgIpc) is 2.58. The van der Waals surface area contributed by atoms with Gasteiger partial charge in [-0.3, -0.25) is 4.79 Å². The van der Waals surface area contributed by atoms with Crippen LogP contribution >= 0.6 is 11.6 Å². The highest BCUT2D eigenvalue weighted by molar-refractivity contribution is 6.17. The Labute approximate surface area is 169 Å². The fraction of sp³-hybridized carbons (Fsp3) is 0.773. The van der Waals surface area contributed by atoms with Crippen molar-refractivity contribution < 1.29 is 20.1 Å². The van der Waals surface area contributed by atoms with E-state index in [9.17, 15) is 15.0 Å². The molecule has 0 aromatic rings. The van der Waals surface area contributed by atoms with E-state index in [-0.39, 0.29) is 23.9 Å². The lowest BCUT2D eigenvalue weighted by molar-refractivity contribution is -0.137. The topological polar surface area (TPSA) is 77.8 Å². The lowest BCUT2D eigenvalue weighted by atomic mass is 9.63. The third kappa shape index (κ3) is 8.80. The second kappa shape index (κ2) is 13.4. The Morgan fingerprint density at radius 2 is 1.85 bits per heavy atom. The summed E-state index contributed by atoms with van der Waals surface area (Å²) >= 11 is 5.79. The van der Waals surface area contributed by atoms with Crippen LogP contribution in [0.4, 0.5) is 0 Å². The summed E-state index contributed by atoms with van der Waals surface area (Å²) in [5.41, 5.74) is 0.104. The van der Waals surface area contributed by atoms with E-state index in [2.05, 4.69) is 13.0 Å². The highest BCUT2D eigenvalue weighted by Crippen LogP contribution is 2.47. The van der Waals surface area contributed by atoms with Crippen molar-refractivity contribution in [2.24, 2.45) is 11.3 Å². The molecule has 0 amide bonds. The smallest absolute Gasteiger partial charge is 0.303 e. The minimum Gasteiger partial charge on any atom is -0.481 e. The van der Waals surface area contributed by atoms with Crippen LogP contribution in [0.3, 0.4) is 0 Å². The molecule has 0 unspecified atom stereocenters. The second-order valence-corrected chi connectivity index (χ2v) is 8.17. The third-order valence-electron chi connectivity index (χ3n) is 6.00. The maximum Gasteiger partial charge on any atom is 0.303 e. The third-order valence-corrected chi connectivity index (χ3v) is 6.22. The molecule has 1 fully saturated rings. The van der Waals surface area contributed by atoms with Crippen LogP contribution in [0.5, 0.6) is 0 Å². The lowest BCUT2D eigenvalue weighted by Gasteiger charge is -2.45. The summed E-state index contributed by atoms with van der Waals surface area (Å²) in [5, 5.41) is 29.5. The van der Waals surface area contributed by atoms with Crippen LogP contribution in [-0.2, 0) is 4.79 Å². The van der Waals surface area contributed by atoms with E-state index in [1.807, 2.05) is 18.2 Å². The van der Waals surface area contributed by atoms with Gasteiger partial charge in [0, 0.05) is 18.2 Å². The number of carboxylic acids is 1. The normalized spacial score (nSPS) is 19.9. The Hall–Kier alpha value is -0.840. The molecule has 3 atom stereocenters. The molecular formula is C22H37ClO4. The largest absolute Gasteiger partial charge is 0.481 e. The van der Waals surface area contributed by atoms with Crippen LogP contribution < -0.4 is 0 Å². The van der Waals surface area contributed by atoms with Gasteiger partial charge in [0.1, 0.15) is 0 Å². The van der Waals surface area contributed by atoms with Gasteiger partial charge < -0.3 is 15.3 Å². The van der Waals surface area contributed by atoms with Crippen LogP contribution in [0.25, 0.3) is 0 Å². The standard InChI is InChI=1S/C22H37ClO4/c1-2-22(15-9-16-22)20(25)12-8-11-18(19(24)14-17-23)10-6-4-3-5-7-13-21(26)27/h3-4,8,11,18-20,24-25H,2,5-7,9-10,12-17H2,1H3,(H,26,27)/t18-,19-,20+/m1/s1. The molecule has 0 radical (unpaired) electrons. The summed E-state index contributed by atoms with van der Waals surface area (Å²) in [6, 6.07) is 0. The van der Waals surface area contributed by atoms with Crippen LogP contribution in [0.2, 0.25) is 0 Å². The van der Waals surface area contributed by atoms with Gasteiger partial charge in [-0.1, -0.05) is 37.6 Å². The molecule has 0 aromatic carbocycles. The van der Waals surface area contributed by atoms with Crippen LogP contribution in [0, 0.1) is 11.3 Å². The molecule has 156 valence electrons. The predicted molar refractivity (Wildman–Crippen MR) is 111 cm³/mol. The Balaban J connectivity index is 2.44. The SMILES string of the molecule is CCC1([C@@H](O)CC=C[C@@H](CCC=CCCCC(=O)O)[C@H](O)CCCl)CCC1. The predicted octanol–water partition coefficient (Wildman–Crippen LogP) is 5.07. The van der Waals surface area contributed by atoms with E-state index in [0.29, 0.717) is 25.1 Å². The van der Waals surface area contributed by atoms with E-state index >= 15 is 0 Å². The number of aliphatic hydroxyl groups excluding tert-OH is 2. The molecule has 0 bridgehead atoms. The Morgan fingerprint density at radius 1 is 1.15 bits per heavy atom. The molecule has 5 heteroatoms. The Kier molecular flexibility index (Phi) is 12.0. The van der Waals surface area contributed by atoms with Gasteiger partial charge in [0.05, 0.1) is 12.2 Å². The lowest BCUT2D eigenvalue weighted by Crippen LogP contribution is -2.40. The number of aliphatic carboxylic acids is 1. The number of unbranched alkanes of at least 4 members (excludes halogenated alkanes) is 1. The summed E-state index contributed by atoms with van der Waals surface area (Å²) in [4.78, 5) is 10.5. The summed E-state index contributed by atoms with van der Waals surface area (Å²) in [6.07, 6.45) is 16.3. The van der Waals surface area contributed by atoms with Gasteiger partial charge >= 0.3 is 5.97 Å². The van der Waals surface area contributed by atoms with Gasteiger partial charge in [-0.15, -0.1) is 11.6 Å².